The van der Waals surface area contributed by atoms with Crippen molar-refractivity contribution in [3.05, 3.63) is 88.5 Å². The number of hydrazone groups is 1. The van der Waals surface area contributed by atoms with E-state index in [1.807, 2.05) is 18.2 Å². The maximum Gasteiger partial charge on any atom is 0.289 e. The summed E-state index contributed by atoms with van der Waals surface area (Å²) in [4.78, 5) is 23.0. The van der Waals surface area contributed by atoms with Crippen LogP contribution in [0.2, 0.25) is 0 Å². The molecule has 3 rings (SSSR count). The molecule has 1 amide bonds. The predicted molar refractivity (Wildman–Crippen MR) is 134 cm³/mol. The number of nitrogens with zero attached hydrogens (tertiary/aromatic N) is 3. The molecule has 0 aliphatic heterocycles. The van der Waals surface area contributed by atoms with E-state index in [1.54, 1.807) is 19.1 Å². The molecule has 0 aromatic heterocycles. The van der Waals surface area contributed by atoms with Crippen LogP contribution in [0.5, 0.6) is 11.5 Å². The number of nitrogens with one attached hydrogen (secondary N) is 1. The molecule has 188 valence electrons. The summed E-state index contributed by atoms with van der Waals surface area (Å²) in [6.45, 7) is 0.951. The first kappa shape index (κ1) is 26.2. The molecule has 3 aromatic rings. The highest BCUT2D eigenvalue weighted by molar-refractivity contribution is 7.93. The van der Waals surface area contributed by atoms with Gasteiger partial charge in [0, 0.05) is 12.1 Å². The number of ether oxygens (including phenoxy) is 2. The molecule has 0 aliphatic rings. The number of para-hydroxylation sites is 1. The van der Waals surface area contributed by atoms with Crippen LogP contribution in [0.3, 0.4) is 0 Å². The molecule has 0 atom stereocenters. The molecular formula is C24H24N4O7S. The zero-order valence-corrected chi connectivity index (χ0v) is 20.6. The zero-order chi connectivity index (χ0) is 26.3. The number of carbonyl (C=O) groups excluding carboxylic acids is 1. The normalized spacial score (nSPS) is 11.5. The second-order valence-corrected chi connectivity index (χ2v) is 9.20. The lowest BCUT2D eigenvalue weighted by molar-refractivity contribution is -0.387. The summed E-state index contributed by atoms with van der Waals surface area (Å²) in [7, 11) is -1.86. The molecule has 12 heteroatoms. The Bertz CT molecular complexity index is 1390. The predicted octanol–water partition coefficient (Wildman–Crippen LogP) is 3.35. The Hall–Kier alpha value is -4.45. The molecule has 11 nitrogen and oxygen atoms in total. The third-order valence-corrected chi connectivity index (χ3v) is 6.92. The van der Waals surface area contributed by atoms with Gasteiger partial charge < -0.3 is 9.47 Å². The van der Waals surface area contributed by atoms with Crippen LogP contribution in [0.1, 0.15) is 12.5 Å². The molecule has 0 aliphatic carbocycles. The van der Waals surface area contributed by atoms with E-state index in [0.29, 0.717) is 11.5 Å². The smallest absolute Gasteiger partial charge is 0.289 e. The van der Waals surface area contributed by atoms with E-state index in [4.69, 9.17) is 9.47 Å². The van der Waals surface area contributed by atoms with E-state index in [0.717, 1.165) is 22.0 Å². The summed E-state index contributed by atoms with van der Waals surface area (Å²) in [5.74, 6) is -0.315. The van der Waals surface area contributed by atoms with Gasteiger partial charge in [0.05, 0.1) is 30.5 Å². The number of sulfonamides is 1. The fourth-order valence-electron chi connectivity index (χ4n) is 3.29. The monoisotopic (exact) mass is 512 g/mol. The van der Waals surface area contributed by atoms with Crippen molar-refractivity contribution < 1.29 is 27.6 Å². The standard InChI is InChI=1S/C24H24N4O7S/c1-17(18-9-5-4-6-10-18)25-26-24(29)16-27(20-14-13-19(34-2)15-22(20)35-3)36(32,33)23-12-8-7-11-21(23)28(30)31/h4-15H,16H2,1-3H3,(H,26,29)/b25-17-. The van der Waals surface area contributed by atoms with Crippen molar-refractivity contribution in [3.8, 4) is 11.5 Å². The summed E-state index contributed by atoms with van der Waals surface area (Å²) in [6.07, 6.45) is 0. The highest BCUT2D eigenvalue weighted by atomic mass is 32.2. The van der Waals surface area contributed by atoms with Gasteiger partial charge in [-0.05, 0) is 30.7 Å². The molecule has 0 fully saturated rings. The number of benzene rings is 3. The highest BCUT2D eigenvalue weighted by Crippen LogP contribution is 2.37. The minimum Gasteiger partial charge on any atom is -0.497 e. The van der Waals surface area contributed by atoms with E-state index in [-0.39, 0.29) is 11.4 Å². The number of carbonyl (C=O) groups is 1. The maximum absolute atomic E-state index is 13.7. The van der Waals surface area contributed by atoms with E-state index in [1.165, 1.54) is 44.6 Å². The molecule has 0 spiro atoms. The largest absolute Gasteiger partial charge is 0.497 e. The van der Waals surface area contributed by atoms with Gasteiger partial charge in [0.15, 0.2) is 4.90 Å². The van der Waals surface area contributed by atoms with E-state index < -0.39 is 38.0 Å². The highest BCUT2D eigenvalue weighted by Gasteiger charge is 2.34. The molecule has 3 aromatic carbocycles. The van der Waals surface area contributed by atoms with Crippen LogP contribution < -0.4 is 19.2 Å². The summed E-state index contributed by atoms with van der Waals surface area (Å²) in [5.41, 5.74) is 2.96. The number of hydrogen-bond acceptors (Lipinski definition) is 8. The Kier molecular flexibility index (Phi) is 8.22. The van der Waals surface area contributed by atoms with Crippen molar-refractivity contribution in [2.45, 2.75) is 11.8 Å². The minimum absolute atomic E-state index is 0.0182. The molecule has 1 N–H and O–H groups in total. The van der Waals surface area contributed by atoms with Crippen LogP contribution in [0.25, 0.3) is 0 Å². The van der Waals surface area contributed by atoms with Crippen molar-refractivity contribution >= 4 is 33.0 Å². The first-order chi connectivity index (χ1) is 17.2. The van der Waals surface area contributed by atoms with Gasteiger partial charge in [-0.25, -0.2) is 13.8 Å². The Labute approximate surface area is 208 Å². The summed E-state index contributed by atoms with van der Waals surface area (Å²) >= 11 is 0. The molecule has 0 bridgehead atoms. The first-order valence-corrected chi connectivity index (χ1v) is 12.0. The van der Waals surface area contributed by atoms with Crippen molar-refractivity contribution in [3.63, 3.8) is 0 Å². The summed E-state index contributed by atoms with van der Waals surface area (Å²) in [6, 6.07) is 18.3. The van der Waals surface area contributed by atoms with Crippen molar-refractivity contribution in [2.75, 3.05) is 25.1 Å². The summed E-state index contributed by atoms with van der Waals surface area (Å²) in [5, 5.41) is 15.6. The molecule has 0 radical (unpaired) electrons. The van der Waals surface area contributed by atoms with Crippen LogP contribution in [0.15, 0.2) is 82.8 Å². The Morgan fingerprint density at radius 2 is 1.69 bits per heavy atom. The Morgan fingerprint density at radius 1 is 1.03 bits per heavy atom. The van der Waals surface area contributed by atoms with E-state index in [2.05, 4.69) is 10.5 Å². The summed E-state index contributed by atoms with van der Waals surface area (Å²) < 4.78 is 38.6. The van der Waals surface area contributed by atoms with Gasteiger partial charge in [0.1, 0.15) is 18.0 Å². The quantitative estimate of drug-likeness (QED) is 0.249. The third-order valence-electron chi connectivity index (χ3n) is 5.11. The van der Waals surface area contributed by atoms with Crippen molar-refractivity contribution in [2.24, 2.45) is 5.10 Å². The minimum atomic E-state index is -4.61. The van der Waals surface area contributed by atoms with E-state index in [9.17, 15) is 23.3 Å². The second kappa shape index (κ2) is 11.3. The van der Waals surface area contributed by atoms with Crippen molar-refractivity contribution in [1.82, 2.24) is 5.43 Å². The Balaban J connectivity index is 2.05. The molecule has 0 unspecified atom stereocenters. The molecule has 36 heavy (non-hydrogen) atoms. The maximum atomic E-state index is 13.7. The number of anilines is 1. The van der Waals surface area contributed by atoms with Crippen LogP contribution in [-0.4, -0.2) is 45.7 Å². The average Bonchev–Trinajstić information content (AvgIpc) is 2.90. The van der Waals surface area contributed by atoms with Gasteiger partial charge in [-0.3, -0.25) is 19.2 Å². The number of methoxy groups -OCH3 is 2. The van der Waals surface area contributed by atoms with Gasteiger partial charge in [0.25, 0.3) is 21.6 Å². The van der Waals surface area contributed by atoms with Gasteiger partial charge in [-0.15, -0.1) is 0 Å². The van der Waals surface area contributed by atoms with Gasteiger partial charge in [-0.2, -0.15) is 5.10 Å². The van der Waals surface area contributed by atoms with Gasteiger partial charge in [-0.1, -0.05) is 42.5 Å². The third kappa shape index (κ3) is 5.78. The van der Waals surface area contributed by atoms with Crippen LogP contribution in [0, 0.1) is 10.1 Å². The number of rotatable bonds is 10. The number of hydrogen-bond donors (Lipinski definition) is 1. The fraction of sp³-hybridized carbons (Fsp3) is 0.167. The Morgan fingerprint density at radius 3 is 2.33 bits per heavy atom. The second-order valence-electron chi connectivity index (χ2n) is 7.37. The topological polar surface area (TPSA) is 140 Å². The van der Waals surface area contributed by atoms with Gasteiger partial charge >= 0.3 is 0 Å². The number of nitro groups is 1. The zero-order valence-electron chi connectivity index (χ0n) is 19.7. The lowest BCUT2D eigenvalue weighted by Crippen LogP contribution is -2.40. The van der Waals surface area contributed by atoms with Crippen LogP contribution >= 0.6 is 0 Å². The fourth-order valence-corrected chi connectivity index (χ4v) is 4.88. The molecular weight excluding hydrogens is 488 g/mol. The molecule has 0 saturated carbocycles. The van der Waals surface area contributed by atoms with Crippen LogP contribution in [0.4, 0.5) is 11.4 Å². The van der Waals surface area contributed by atoms with Crippen LogP contribution in [-0.2, 0) is 14.8 Å². The average molecular weight is 513 g/mol. The van der Waals surface area contributed by atoms with E-state index >= 15 is 0 Å². The lowest BCUT2D eigenvalue weighted by Gasteiger charge is -2.25. The van der Waals surface area contributed by atoms with Gasteiger partial charge in [0.2, 0.25) is 0 Å². The molecule has 0 saturated heterocycles. The number of nitro benzene ring substituents is 1. The molecule has 0 heterocycles. The van der Waals surface area contributed by atoms with Crippen molar-refractivity contribution in [1.29, 1.82) is 0 Å². The lowest BCUT2D eigenvalue weighted by atomic mass is 10.1. The number of amides is 1. The SMILES string of the molecule is COc1ccc(N(CC(=O)N/N=C(/C)c2ccccc2)S(=O)(=O)c2ccccc2[N+](=O)[O-])c(OC)c1. The first-order valence-electron chi connectivity index (χ1n) is 10.6.